The third-order valence-corrected chi connectivity index (χ3v) is 4.01. The van der Waals surface area contributed by atoms with Crippen molar-refractivity contribution < 1.29 is 4.74 Å². The van der Waals surface area contributed by atoms with Crippen molar-refractivity contribution in [3.63, 3.8) is 0 Å². The highest BCUT2D eigenvalue weighted by Gasteiger charge is 2.29. The van der Waals surface area contributed by atoms with Gasteiger partial charge in [-0.05, 0) is 24.2 Å². The molecule has 0 bridgehead atoms. The minimum atomic E-state index is 0.359. The average Bonchev–Trinajstić information content (AvgIpc) is 2.46. The van der Waals surface area contributed by atoms with Crippen molar-refractivity contribution in [2.45, 2.75) is 33.6 Å². The van der Waals surface area contributed by atoms with Gasteiger partial charge in [0.1, 0.15) is 0 Å². The van der Waals surface area contributed by atoms with Gasteiger partial charge in [-0.25, -0.2) is 0 Å². The number of ether oxygens (including phenoxy) is 1. The summed E-state index contributed by atoms with van der Waals surface area (Å²) in [6.45, 7) is 8.92. The third kappa shape index (κ3) is 3.29. The van der Waals surface area contributed by atoms with E-state index in [9.17, 15) is 0 Å². The maximum absolute atomic E-state index is 5.13. The van der Waals surface area contributed by atoms with Crippen molar-refractivity contribution in [3.05, 3.63) is 0 Å². The highest BCUT2D eigenvalue weighted by Crippen LogP contribution is 2.35. The Bertz CT molecular complexity index is 427. The molecule has 1 saturated heterocycles. The van der Waals surface area contributed by atoms with Gasteiger partial charge in [0.25, 0.3) is 0 Å². The summed E-state index contributed by atoms with van der Waals surface area (Å²) in [5, 5.41) is 2.95. The van der Waals surface area contributed by atoms with E-state index in [1.165, 1.54) is 12.8 Å². The Kier molecular flexibility index (Phi) is 4.30. The van der Waals surface area contributed by atoms with Gasteiger partial charge < -0.3 is 15.0 Å². The molecule has 2 rings (SSSR count). The van der Waals surface area contributed by atoms with Crippen LogP contribution in [0.1, 0.15) is 33.6 Å². The van der Waals surface area contributed by atoms with Crippen LogP contribution >= 0.6 is 0 Å². The summed E-state index contributed by atoms with van der Waals surface area (Å²) in [5.41, 5.74) is 0.374. The van der Waals surface area contributed by atoms with Gasteiger partial charge in [-0.3, -0.25) is 0 Å². The summed E-state index contributed by atoms with van der Waals surface area (Å²) in [6.07, 6.45) is 2.35. The molecule has 1 aliphatic rings. The van der Waals surface area contributed by atoms with Crippen LogP contribution in [0.5, 0.6) is 6.01 Å². The largest absolute Gasteiger partial charge is 0.467 e. The fourth-order valence-electron chi connectivity index (χ4n) is 2.64. The van der Waals surface area contributed by atoms with Gasteiger partial charge in [-0.1, -0.05) is 20.8 Å². The Morgan fingerprint density at radius 1 is 1.15 bits per heavy atom. The summed E-state index contributed by atoms with van der Waals surface area (Å²) in [5.74, 6) is 2.00. The molecule has 0 atom stereocenters. The van der Waals surface area contributed by atoms with Crippen LogP contribution in [0.3, 0.4) is 0 Å². The van der Waals surface area contributed by atoms with Gasteiger partial charge >= 0.3 is 6.01 Å². The number of aromatic nitrogens is 3. The molecule has 1 fully saturated rings. The average molecular weight is 279 g/mol. The van der Waals surface area contributed by atoms with Crippen LogP contribution in [0.15, 0.2) is 0 Å². The number of nitrogens with zero attached hydrogens (tertiary/aromatic N) is 4. The van der Waals surface area contributed by atoms with Crippen LogP contribution in [0.25, 0.3) is 0 Å². The predicted octanol–water partition coefficient (Wildman–Crippen LogP) is 2.18. The van der Waals surface area contributed by atoms with Crippen molar-refractivity contribution >= 4 is 11.9 Å². The molecule has 1 aromatic rings. The normalized spacial score (nSPS) is 17.1. The number of hydrogen-bond acceptors (Lipinski definition) is 6. The van der Waals surface area contributed by atoms with E-state index >= 15 is 0 Å². The summed E-state index contributed by atoms with van der Waals surface area (Å²) in [4.78, 5) is 15.1. The van der Waals surface area contributed by atoms with E-state index in [0.717, 1.165) is 19.0 Å². The van der Waals surface area contributed by atoms with Gasteiger partial charge in [0.2, 0.25) is 11.9 Å². The number of nitrogens with one attached hydrogen (secondary N) is 1. The molecule has 0 spiro atoms. The number of rotatable bonds is 3. The van der Waals surface area contributed by atoms with Crippen LogP contribution < -0.4 is 15.0 Å². The zero-order valence-electron chi connectivity index (χ0n) is 13.1. The Labute approximate surface area is 121 Å². The smallest absolute Gasteiger partial charge is 0.322 e. The molecule has 6 heteroatoms. The van der Waals surface area contributed by atoms with E-state index in [1.807, 2.05) is 0 Å². The number of piperidine rings is 1. The van der Waals surface area contributed by atoms with E-state index in [4.69, 9.17) is 4.74 Å². The first-order chi connectivity index (χ1) is 9.44. The van der Waals surface area contributed by atoms with Gasteiger partial charge in [-0.2, -0.15) is 15.0 Å². The van der Waals surface area contributed by atoms with Crippen LogP contribution in [-0.4, -0.2) is 42.2 Å². The summed E-state index contributed by atoms with van der Waals surface area (Å²) in [7, 11) is 3.37. The van der Waals surface area contributed by atoms with E-state index < -0.39 is 0 Å². The van der Waals surface area contributed by atoms with E-state index in [0.29, 0.717) is 23.3 Å². The SMILES string of the molecule is CNc1nc(OC)nc(N2CCC(C(C)(C)C)CC2)n1. The molecule has 0 aliphatic carbocycles. The quantitative estimate of drug-likeness (QED) is 0.915. The van der Waals surface area contributed by atoms with E-state index in [2.05, 4.69) is 45.9 Å². The van der Waals surface area contributed by atoms with E-state index in [1.54, 1.807) is 14.2 Å². The van der Waals surface area contributed by atoms with Crippen molar-refractivity contribution in [1.29, 1.82) is 0 Å². The molecule has 0 radical (unpaired) electrons. The Balaban J connectivity index is 2.10. The fraction of sp³-hybridized carbons (Fsp3) is 0.786. The van der Waals surface area contributed by atoms with Crippen molar-refractivity contribution in [3.8, 4) is 6.01 Å². The first-order valence-electron chi connectivity index (χ1n) is 7.17. The Morgan fingerprint density at radius 2 is 1.80 bits per heavy atom. The van der Waals surface area contributed by atoms with Crippen LogP contribution in [-0.2, 0) is 0 Å². The minimum absolute atomic E-state index is 0.359. The molecular formula is C14H25N5O. The molecule has 0 saturated carbocycles. The Morgan fingerprint density at radius 3 is 2.30 bits per heavy atom. The van der Waals surface area contributed by atoms with Crippen molar-refractivity contribution in [2.24, 2.45) is 11.3 Å². The lowest BCUT2D eigenvalue weighted by Gasteiger charge is -2.38. The first-order valence-corrected chi connectivity index (χ1v) is 7.17. The monoisotopic (exact) mass is 279 g/mol. The van der Waals surface area contributed by atoms with Gasteiger partial charge in [0.05, 0.1) is 7.11 Å². The zero-order chi connectivity index (χ0) is 14.8. The number of methoxy groups -OCH3 is 1. The molecule has 1 aromatic heterocycles. The van der Waals surface area contributed by atoms with Crippen molar-refractivity contribution in [1.82, 2.24) is 15.0 Å². The second-order valence-corrected chi connectivity index (χ2v) is 6.32. The van der Waals surface area contributed by atoms with Crippen molar-refractivity contribution in [2.75, 3.05) is 37.5 Å². The van der Waals surface area contributed by atoms with Gasteiger partial charge in [0.15, 0.2) is 0 Å². The highest BCUT2D eigenvalue weighted by molar-refractivity contribution is 5.38. The second kappa shape index (κ2) is 5.81. The summed E-state index contributed by atoms with van der Waals surface area (Å²) >= 11 is 0. The third-order valence-electron chi connectivity index (χ3n) is 4.01. The summed E-state index contributed by atoms with van der Waals surface area (Å²) in [6, 6.07) is 0.359. The topological polar surface area (TPSA) is 63.2 Å². The first kappa shape index (κ1) is 14.8. The summed E-state index contributed by atoms with van der Waals surface area (Å²) < 4.78 is 5.13. The molecule has 6 nitrogen and oxygen atoms in total. The highest BCUT2D eigenvalue weighted by atomic mass is 16.5. The second-order valence-electron chi connectivity index (χ2n) is 6.32. The van der Waals surface area contributed by atoms with Crippen LogP contribution in [0.4, 0.5) is 11.9 Å². The maximum atomic E-state index is 5.13. The predicted molar refractivity (Wildman–Crippen MR) is 80.3 cm³/mol. The lowest BCUT2D eigenvalue weighted by atomic mass is 9.75. The number of anilines is 2. The molecule has 2 heterocycles. The zero-order valence-corrected chi connectivity index (χ0v) is 13.1. The van der Waals surface area contributed by atoms with E-state index in [-0.39, 0.29) is 0 Å². The molecule has 1 aliphatic heterocycles. The molecule has 0 amide bonds. The molecule has 0 aromatic carbocycles. The number of hydrogen-bond donors (Lipinski definition) is 1. The lowest BCUT2D eigenvalue weighted by molar-refractivity contribution is 0.198. The molecule has 112 valence electrons. The van der Waals surface area contributed by atoms with Gasteiger partial charge in [0, 0.05) is 20.1 Å². The molecule has 1 N–H and O–H groups in total. The lowest BCUT2D eigenvalue weighted by Crippen LogP contribution is -2.39. The minimum Gasteiger partial charge on any atom is -0.467 e. The molecular weight excluding hydrogens is 254 g/mol. The maximum Gasteiger partial charge on any atom is 0.322 e. The Hall–Kier alpha value is -1.59. The molecule has 0 unspecified atom stereocenters. The van der Waals surface area contributed by atoms with Crippen LogP contribution in [0.2, 0.25) is 0 Å². The standard InChI is InChI=1S/C14H25N5O/c1-14(2,3)10-6-8-19(9-7-10)12-16-11(15-4)17-13(18-12)20-5/h10H,6-9H2,1-5H3,(H,15,16,17,18). The molecule has 20 heavy (non-hydrogen) atoms. The van der Waals surface area contributed by atoms with Crippen LogP contribution in [0, 0.1) is 11.3 Å². The van der Waals surface area contributed by atoms with Gasteiger partial charge in [-0.15, -0.1) is 0 Å². The fourth-order valence-corrected chi connectivity index (χ4v) is 2.64.